The number of sulfonamides is 1. The molecule has 0 aromatic rings. The van der Waals surface area contributed by atoms with Crippen molar-refractivity contribution in [2.24, 2.45) is 0 Å². The molecule has 2 N–H and O–H groups in total. The van der Waals surface area contributed by atoms with Crippen LogP contribution in [0.1, 0.15) is 25.7 Å². The maximum absolute atomic E-state index is 11.2. The molecule has 6 nitrogen and oxygen atoms in total. The molecule has 0 amide bonds. The molecule has 7 heteroatoms. The van der Waals surface area contributed by atoms with Crippen LogP contribution < -0.4 is 4.72 Å². The predicted octanol–water partition coefficient (Wildman–Crippen LogP) is 0.0744. The summed E-state index contributed by atoms with van der Waals surface area (Å²) in [6, 6.07) is 1.90. The van der Waals surface area contributed by atoms with Gasteiger partial charge in [-0.05, 0) is 12.8 Å². The van der Waals surface area contributed by atoms with Crippen LogP contribution >= 0.6 is 0 Å². The van der Waals surface area contributed by atoms with E-state index < -0.39 is 16.0 Å². The van der Waals surface area contributed by atoms with E-state index in [4.69, 9.17) is 10.4 Å². The van der Waals surface area contributed by atoms with Gasteiger partial charge in [0.05, 0.1) is 11.8 Å². The second-order valence-electron chi connectivity index (χ2n) is 2.97. The first-order valence-corrected chi connectivity index (χ1v) is 6.19. The number of unbranched alkanes of at least 4 members (excludes halogenated alkanes) is 1. The zero-order chi connectivity index (χ0) is 11.7. The molecule has 86 valence electrons. The molecule has 0 saturated carbocycles. The van der Waals surface area contributed by atoms with E-state index in [-0.39, 0.29) is 25.1 Å². The minimum absolute atomic E-state index is 0.100. The van der Waals surface area contributed by atoms with Crippen LogP contribution in [0.5, 0.6) is 0 Å². The predicted molar refractivity (Wildman–Crippen MR) is 53.5 cm³/mol. The fourth-order valence-corrected chi connectivity index (χ4v) is 2.00. The van der Waals surface area contributed by atoms with Crippen LogP contribution in [0.4, 0.5) is 0 Å². The molecule has 0 spiro atoms. The molecule has 0 heterocycles. The van der Waals surface area contributed by atoms with Gasteiger partial charge in [-0.25, -0.2) is 13.1 Å². The van der Waals surface area contributed by atoms with Gasteiger partial charge in [0.2, 0.25) is 10.0 Å². The Morgan fingerprint density at radius 1 is 1.40 bits per heavy atom. The lowest BCUT2D eigenvalue weighted by molar-refractivity contribution is -0.137. The number of nitrogens with one attached hydrogen (secondary N) is 1. The van der Waals surface area contributed by atoms with Gasteiger partial charge in [0.25, 0.3) is 0 Å². The Balaban J connectivity index is 3.69. The van der Waals surface area contributed by atoms with Gasteiger partial charge >= 0.3 is 5.97 Å². The lowest BCUT2D eigenvalue weighted by atomic mass is 10.3. The third-order valence-electron chi connectivity index (χ3n) is 1.59. The number of aliphatic carboxylic acids is 1. The molecule has 0 atom stereocenters. The Morgan fingerprint density at radius 3 is 2.60 bits per heavy atom. The van der Waals surface area contributed by atoms with Crippen LogP contribution in [-0.4, -0.2) is 31.8 Å². The fraction of sp³-hybridized carbons (Fsp3) is 0.750. The minimum atomic E-state index is -3.38. The van der Waals surface area contributed by atoms with Crippen LogP contribution in [-0.2, 0) is 14.8 Å². The van der Waals surface area contributed by atoms with E-state index >= 15 is 0 Å². The van der Waals surface area contributed by atoms with Crippen LogP contribution in [0, 0.1) is 11.3 Å². The summed E-state index contributed by atoms with van der Waals surface area (Å²) in [5.41, 5.74) is 0. The molecule has 0 fully saturated rings. The first kappa shape index (κ1) is 13.9. The summed E-state index contributed by atoms with van der Waals surface area (Å²) >= 11 is 0. The summed E-state index contributed by atoms with van der Waals surface area (Å²) in [5.74, 6) is -1.19. The van der Waals surface area contributed by atoms with E-state index in [9.17, 15) is 13.2 Å². The van der Waals surface area contributed by atoms with Crippen LogP contribution in [0.3, 0.4) is 0 Å². The van der Waals surface area contributed by atoms with E-state index in [1.807, 2.05) is 6.07 Å². The van der Waals surface area contributed by atoms with Gasteiger partial charge in [0, 0.05) is 19.4 Å². The van der Waals surface area contributed by atoms with Crippen LogP contribution in [0.2, 0.25) is 0 Å². The molecule has 0 unspecified atom stereocenters. The Bertz CT molecular complexity index is 331. The van der Waals surface area contributed by atoms with Crippen molar-refractivity contribution in [2.75, 3.05) is 12.3 Å². The highest BCUT2D eigenvalue weighted by atomic mass is 32.2. The monoisotopic (exact) mass is 234 g/mol. The number of hydrogen-bond acceptors (Lipinski definition) is 4. The number of carbonyl (C=O) groups is 1. The quantitative estimate of drug-likeness (QED) is 0.578. The minimum Gasteiger partial charge on any atom is -0.481 e. The fourth-order valence-electron chi connectivity index (χ4n) is 0.881. The Kier molecular flexibility index (Phi) is 6.66. The second kappa shape index (κ2) is 7.20. The number of carboxylic acids is 1. The summed E-state index contributed by atoms with van der Waals surface area (Å²) in [6.45, 7) is 0.225. The van der Waals surface area contributed by atoms with Gasteiger partial charge in [-0.15, -0.1) is 0 Å². The zero-order valence-corrected chi connectivity index (χ0v) is 9.09. The van der Waals surface area contributed by atoms with Crippen molar-refractivity contribution < 1.29 is 18.3 Å². The topological polar surface area (TPSA) is 107 Å². The van der Waals surface area contributed by atoms with Gasteiger partial charge in [0.15, 0.2) is 0 Å². The number of hydrogen-bond donors (Lipinski definition) is 2. The van der Waals surface area contributed by atoms with E-state index in [0.29, 0.717) is 12.8 Å². The molecule has 0 saturated heterocycles. The molecule has 0 rings (SSSR count). The summed E-state index contributed by atoms with van der Waals surface area (Å²) in [5, 5.41) is 16.5. The van der Waals surface area contributed by atoms with Crippen molar-refractivity contribution >= 4 is 16.0 Å². The molecule has 0 bridgehead atoms. The average molecular weight is 234 g/mol. The summed E-state index contributed by atoms with van der Waals surface area (Å²) in [4.78, 5) is 10.1. The van der Waals surface area contributed by atoms with E-state index in [0.717, 1.165) is 0 Å². The van der Waals surface area contributed by atoms with Gasteiger partial charge < -0.3 is 5.11 Å². The van der Waals surface area contributed by atoms with Crippen molar-refractivity contribution in [1.82, 2.24) is 4.72 Å². The molecular weight excluding hydrogens is 220 g/mol. The molecule has 0 radical (unpaired) electrons. The largest absolute Gasteiger partial charge is 0.481 e. The van der Waals surface area contributed by atoms with Crippen LogP contribution in [0.15, 0.2) is 0 Å². The van der Waals surface area contributed by atoms with Gasteiger partial charge in [-0.3, -0.25) is 4.79 Å². The second-order valence-corrected chi connectivity index (χ2v) is 4.90. The first-order chi connectivity index (χ1) is 6.98. The third kappa shape index (κ3) is 9.18. The first-order valence-electron chi connectivity index (χ1n) is 4.54. The van der Waals surface area contributed by atoms with Crippen molar-refractivity contribution in [3.63, 3.8) is 0 Å². The number of nitriles is 1. The van der Waals surface area contributed by atoms with Gasteiger partial charge in [-0.1, -0.05) is 0 Å². The number of nitrogens with zero attached hydrogens (tertiary/aromatic N) is 1. The van der Waals surface area contributed by atoms with E-state index in [1.165, 1.54) is 0 Å². The van der Waals surface area contributed by atoms with Crippen molar-refractivity contribution in [3.8, 4) is 6.07 Å². The van der Waals surface area contributed by atoms with Crippen molar-refractivity contribution in [3.05, 3.63) is 0 Å². The Hall–Kier alpha value is -1.13. The Morgan fingerprint density at radius 2 is 2.07 bits per heavy atom. The molecule has 0 aliphatic rings. The maximum Gasteiger partial charge on any atom is 0.303 e. The molecular formula is C8H14N2O4S. The zero-order valence-electron chi connectivity index (χ0n) is 8.27. The molecule has 0 aliphatic heterocycles. The normalized spacial score (nSPS) is 10.9. The van der Waals surface area contributed by atoms with E-state index in [1.54, 1.807) is 0 Å². The molecule has 0 aromatic carbocycles. The van der Waals surface area contributed by atoms with E-state index in [2.05, 4.69) is 4.72 Å². The van der Waals surface area contributed by atoms with Crippen molar-refractivity contribution in [2.45, 2.75) is 25.7 Å². The van der Waals surface area contributed by atoms with Crippen molar-refractivity contribution in [1.29, 1.82) is 5.26 Å². The highest BCUT2D eigenvalue weighted by Crippen LogP contribution is 1.95. The average Bonchev–Trinajstić information content (AvgIpc) is 2.11. The lowest BCUT2D eigenvalue weighted by Gasteiger charge is -2.04. The highest BCUT2D eigenvalue weighted by molar-refractivity contribution is 7.89. The molecule has 15 heavy (non-hydrogen) atoms. The Labute approximate surface area is 89.0 Å². The smallest absolute Gasteiger partial charge is 0.303 e. The lowest BCUT2D eigenvalue weighted by Crippen LogP contribution is -2.27. The molecule has 0 aromatic heterocycles. The standard InChI is InChI=1S/C8H14N2O4S/c9-5-1-2-6-10-15(13,14)7-3-4-8(11)12/h10H,1-4,6-7H2,(H,11,12). The number of carboxylic acid groups (broad SMARTS) is 1. The van der Waals surface area contributed by atoms with Crippen LogP contribution in [0.25, 0.3) is 0 Å². The molecule has 0 aliphatic carbocycles. The summed E-state index contributed by atoms with van der Waals surface area (Å²) < 4.78 is 24.7. The SMILES string of the molecule is N#CCCCNS(=O)(=O)CCCC(=O)O. The summed E-state index contributed by atoms with van der Waals surface area (Å²) in [6.07, 6.45) is 0.717. The van der Waals surface area contributed by atoms with Gasteiger partial charge in [0.1, 0.15) is 0 Å². The highest BCUT2D eigenvalue weighted by Gasteiger charge is 2.09. The van der Waals surface area contributed by atoms with Gasteiger partial charge in [-0.2, -0.15) is 5.26 Å². The maximum atomic E-state index is 11.2. The summed E-state index contributed by atoms with van der Waals surface area (Å²) in [7, 11) is -3.38. The third-order valence-corrected chi connectivity index (χ3v) is 3.06. The number of rotatable bonds is 8.